The average Bonchev–Trinajstić information content (AvgIpc) is 3.53. The number of aliphatic hydroxyl groups excluding tert-OH is 1. The van der Waals surface area contributed by atoms with Crippen molar-refractivity contribution in [3.63, 3.8) is 0 Å². The Morgan fingerprint density at radius 2 is 2.03 bits per heavy atom. The third-order valence-corrected chi connectivity index (χ3v) is 7.22. The first-order chi connectivity index (χ1) is 15.4. The number of nitrogens with one attached hydrogen (secondary N) is 1. The molecule has 3 unspecified atom stereocenters. The number of methoxy groups -OCH3 is 1. The maximum atomic E-state index is 9.69. The highest BCUT2D eigenvalue weighted by Gasteiger charge is 2.37. The topological polar surface area (TPSA) is 144 Å². The molecule has 3 atom stereocenters. The number of fused-ring (bicyclic) bond motifs is 1. The van der Waals surface area contributed by atoms with Gasteiger partial charge < -0.3 is 34.4 Å². The van der Waals surface area contributed by atoms with Gasteiger partial charge in [-0.3, -0.25) is 0 Å². The van der Waals surface area contributed by atoms with Gasteiger partial charge in [-0.1, -0.05) is 12.8 Å². The van der Waals surface area contributed by atoms with Crippen LogP contribution in [0.3, 0.4) is 0 Å². The second-order valence-electron chi connectivity index (χ2n) is 8.60. The van der Waals surface area contributed by atoms with Crippen LogP contribution in [0.25, 0.3) is 11.0 Å². The van der Waals surface area contributed by atoms with Crippen molar-refractivity contribution in [1.29, 1.82) is 0 Å². The summed E-state index contributed by atoms with van der Waals surface area (Å²) in [5.41, 5.74) is 0.620. The maximum Gasteiger partial charge on any atom is 0.201 e. The lowest BCUT2D eigenvalue weighted by Gasteiger charge is -2.30. The molecule has 0 bridgehead atoms. The van der Waals surface area contributed by atoms with Gasteiger partial charge in [0, 0.05) is 13.2 Å². The molecule has 4 N–H and O–H groups in total. The molecule has 2 aliphatic rings. The monoisotopic (exact) mass is 469 g/mol. The molecule has 4 rings (SSSR count). The molecule has 0 spiro atoms. The van der Waals surface area contributed by atoms with Gasteiger partial charge in [0.15, 0.2) is 23.0 Å². The minimum Gasteiger partial charge on any atom is -0.388 e. The van der Waals surface area contributed by atoms with Crippen molar-refractivity contribution >= 4 is 25.2 Å². The number of nitrogens with zero attached hydrogens (tertiary/aromatic N) is 4. The van der Waals surface area contributed by atoms with E-state index in [4.69, 9.17) is 14.2 Å². The van der Waals surface area contributed by atoms with E-state index in [0.717, 1.165) is 24.6 Å². The molecule has 1 aliphatic heterocycles. The zero-order valence-corrected chi connectivity index (χ0v) is 19.4. The van der Waals surface area contributed by atoms with E-state index >= 15 is 0 Å². The molecule has 0 radical (unpaired) electrons. The summed E-state index contributed by atoms with van der Waals surface area (Å²) in [5.74, 6) is 1.04. The Balaban J connectivity index is 1.48. The largest absolute Gasteiger partial charge is 0.388 e. The number of hydrogen-bond acceptors (Lipinski definition) is 10. The minimum absolute atomic E-state index is 0.0727. The number of ether oxygens (including phenoxy) is 3. The van der Waals surface area contributed by atoms with Crippen molar-refractivity contribution in [1.82, 2.24) is 19.7 Å². The average molecular weight is 469 g/mol. The Morgan fingerprint density at radius 3 is 2.72 bits per heavy atom. The highest BCUT2D eigenvalue weighted by molar-refractivity contribution is 7.46. The summed E-state index contributed by atoms with van der Waals surface area (Å²) in [6, 6.07) is 0.372. The molecule has 2 aromatic heterocycles. The van der Waals surface area contributed by atoms with Crippen LogP contribution in [0.2, 0.25) is 0 Å². The van der Waals surface area contributed by atoms with Gasteiger partial charge in [0.25, 0.3) is 0 Å². The normalized spacial score (nSPS) is 23.9. The number of rotatable bonds is 10. The van der Waals surface area contributed by atoms with E-state index in [1.165, 1.54) is 20.0 Å². The molecular weight excluding hydrogens is 437 g/mol. The molecule has 1 aliphatic carbocycles. The van der Waals surface area contributed by atoms with E-state index < -0.39 is 13.7 Å². The van der Waals surface area contributed by atoms with Gasteiger partial charge in [0.05, 0.1) is 30.9 Å². The fraction of sp³-hybridized carbons (Fsp3) is 0.750. The number of anilines is 1. The fourth-order valence-electron chi connectivity index (χ4n) is 4.31. The molecule has 2 aromatic rings. The Kier molecular flexibility index (Phi) is 7.56. The molecular formula is C20H32N5O6P. The van der Waals surface area contributed by atoms with Crippen LogP contribution >= 0.6 is 8.38 Å². The molecule has 12 heteroatoms. The summed E-state index contributed by atoms with van der Waals surface area (Å²) in [6.07, 6.45) is 7.24. The van der Waals surface area contributed by atoms with Crippen LogP contribution < -0.4 is 5.32 Å². The van der Waals surface area contributed by atoms with Crippen molar-refractivity contribution < 1.29 is 29.1 Å². The summed E-state index contributed by atoms with van der Waals surface area (Å²) in [6.45, 7) is 1.64. The van der Waals surface area contributed by atoms with Gasteiger partial charge in [0.1, 0.15) is 12.4 Å². The van der Waals surface area contributed by atoms with E-state index in [1.807, 2.05) is 0 Å². The highest BCUT2D eigenvalue weighted by Crippen LogP contribution is 2.43. The molecule has 1 saturated carbocycles. The smallest absolute Gasteiger partial charge is 0.201 e. The van der Waals surface area contributed by atoms with E-state index in [0.29, 0.717) is 29.8 Å². The molecule has 0 aromatic carbocycles. The van der Waals surface area contributed by atoms with E-state index in [2.05, 4.69) is 20.4 Å². The SMILES string of the molecule is COCC(C)(OCC1CCC(n2ncc3c(NC4CCCC4)nc(CO)nc32)O1)P(O)O. The third kappa shape index (κ3) is 5.04. The van der Waals surface area contributed by atoms with Crippen molar-refractivity contribution in [2.24, 2.45) is 0 Å². The fourth-order valence-corrected chi connectivity index (χ4v) is 4.75. The number of aliphatic hydroxyl groups is 1. The third-order valence-electron chi connectivity index (χ3n) is 6.11. The number of aromatic nitrogens is 4. The first-order valence-corrected chi connectivity index (χ1v) is 12.3. The zero-order chi connectivity index (χ0) is 22.7. The van der Waals surface area contributed by atoms with Crippen molar-refractivity contribution in [3.8, 4) is 0 Å². The molecule has 2 fully saturated rings. The lowest BCUT2D eigenvalue weighted by Crippen LogP contribution is -2.35. The van der Waals surface area contributed by atoms with Crippen molar-refractivity contribution in [2.75, 3.05) is 25.6 Å². The van der Waals surface area contributed by atoms with Crippen molar-refractivity contribution in [3.05, 3.63) is 12.0 Å². The van der Waals surface area contributed by atoms with Crippen LogP contribution in [0.4, 0.5) is 5.82 Å². The van der Waals surface area contributed by atoms with Gasteiger partial charge in [-0.05, 0) is 32.6 Å². The van der Waals surface area contributed by atoms with Gasteiger partial charge in [-0.15, -0.1) is 0 Å². The van der Waals surface area contributed by atoms with E-state index in [9.17, 15) is 14.9 Å². The van der Waals surface area contributed by atoms with Gasteiger partial charge in [-0.25, -0.2) is 14.6 Å². The quantitative estimate of drug-likeness (QED) is 0.382. The standard InChI is InChI=1S/C20H32N5O6P/c1-20(12-29-2,32(27)28)30-11-14-7-8-17(31-14)25-19-15(9-21-25)18(23-16(10-26)24-19)22-13-5-3-4-6-13/h9,13-14,17,26-28H,3-8,10-12H2,1-2H3,(H,22,23,24). The predicted octanol–water partition coefficient (Wildman–Crippen LogP) is 2.03. The summed E-state index contributed by atoms with van der Waals surface area (Å²) in [4.78, 5) is 28.4. The second-order valence-corrected chi connectivity index (χ2v) is 10.1. The van der Waals surface area contributed by atoms with Crippen LogP contribution in [-0.4, -0.2) is 72.5 Å². The first-order valence-electron chi connectivity index (χ1n) is 11.0. The summed E-state index contributed by atoms with van der Waals surface area (Å²) < 4.78 is 18.7. The summed E-state index contributed by atoms with van der Waals surface area (Å²) in [5, 5.41) is 17.3. The summed E-state index contributed by atoms with van der Waals surface area (Å²) in [7, 11) is -0.837. The van der Waals surface area contributed by atoms with Gasteiger partial charge in [-0.2, -0.15) is 5.10 Å². The number of hydrogen-bond donors (Lipinski definition) is 4. The van der Waals surface area contributed by atoms with E-state index in [-0.39, 0.29) is 32.2 Å². The lowest BCUT2D eigenvalue weighted by molar-refractivity contribution is -0.0894. The molecule has 3 heterocycles. The Hall–Kier alpha value is -1.46. The van der Waals surface area contributed by atoms with Gasteiger partial charge >= 0.3 is 0 Å². The van der Waals surface area contributed by atoms with Crippen LogP contribution in [-0.2, 0) is 20.8 Å². The van der Waals surface area contributed by atoms with Crippen LogP contribution in [0.15, 0.2) is 6.20 Å². The minimum atomic E-state index is -2.33. The zero-order valence-electron chi connectivity index (χ0n) is 18.5. The first kappa shape index (κ1) is 23.7. The van der Waals surface area contributed by atoms with Crippen LogP contribution in [0.5, 0.6) is 0 Å². The lowest BCUT2D eigenvalue weighted by atomic mass is 10.2. The molecule has 32 heavy (non-hydrogen) atoms. The Labute approximate surface area is 188 Å². The van der Waals surface area contributed by atoms with Crippen molar-refractivity contribution in [2.45, 2.75) is 75.8 Å². The maximum absolute atomic E-state index is 9.69. The summed E-state index contributed by atoms with van der Waals surface area (Å²) >= 11 is 0. The van der Waals surface area contributed by atoms with E-state index in [1.54, 1.807) is 17.8 Å². The van der Waals surface area contributed by atoms with Gasteiger partial charge in [0.2, 0.25) is 8.38 Å². The van der Waals surface area contributed by atoms with Crippen LogP contribution in [0.1, 0.15) is 57.5 Å². The molecule has 1 saturated heterocycles. The van der Waals surface area contributed by atoms with Crippen LogP contribution in [0, 0.1) is 0 Å². The Morgan fingerprint density at radius 1 is 1.25 bits per heavy atom. The molecule has 11 nitrogen and oxygen atoms in total. The Bertz CT molecular complexity index is 908. The predicted molar refractivity (Wildman–Crippen MR) is 118 cm³/mol. The molecule has 178 valence electrons. The highest BCUT2D eigenvalue weighted by atomic mass is 31.2. The molecule has 0 amide bonds. The second kappa shape index (κ2) is 10.2.